The molecule has 0 atom stereocenters. The van der Waals surface area contributed by atoms with Crippen molar-refractivity contribution in [1.82, 2.24) is 5.32 Å². The van der Waals surface area contributed by atoms with E-state index >= 15 is 0 Å². The number of anilines is 1. The molecule has 0 radical (unpaired) electrons. The Labute approximate surface area is 159 Å². The van der Waals surface area contributed by atoms with Gasteiger partial charge in [-0.1, -0.05) is 23.2 Å². The zero-order valence-electron chi connectivity index (χ0n) is 13.2. The number of carbonyl (C=O) groups excluding carboxylic acids is 2. The summed E-state index contributed by atoms with van der Waals surface area (Å²) >= 11 is 17.1. The molecule has 1 aromatic heterocycles. The molecule has 2 heterocycles. The molecule has 2 aromatic rings. The lowest BCUT2D eigenvalue weighted by Gasteiger charge is -2.29. The summed E-state index contributed by atoms with van der Waals surface area (Å²) in [6, 6.07) is 6.41. The minimum absolute atomic E-state index is 0.0226. The fourth-order valence-electron chi connectivity index (χ4n) is 2.47. The number of thiocarbonyl (C=S) groups is 1. The zero-order chi connectivity index (χ0) is 18.3. The molecule has 0 unspecified atom stereocenters. The Bertz CT molecular complexity index is 949. The number of nitrogens with one attached hydrogen (secondary N) is 1. The van der Waals surface area contributed by atoms with Gasteiger partial charge in [-0.2, -0.15) is 0 Å². The van der Waals surface area contributed by atoms with Crippen LogP contribution in [0, 0.1) is 13.8 Å². The zero-order valence-corrected chi connectivity index (χ0v) is 15.6. The van der Waals surface area contributed by atoms with E-state index < -0.39 is 11.8 Å². The molecule has 0 aliphatic carbocycles. The van der Waals surface area contributed by atoms with Crippen molar-refractivity contribution in [3.05, 3.63) is 57.0 Å². The summed E-state index contributed by atoms with van der Waals surface area (Å²) < 4.78 is 5.43. The first-order chi connectivity index (χ1) is 11.8. The second-order valence-electron chi connectivity index (χ2n) is 5.42. The number of amides is 2. The minimum Gasteiger partial charge on any atom is -0.466 e. The molecule has 3 rings (SSSR count). The summed E-state index contributed by atoms with van der Waals surface area (Å²) in [6.07, 6.45) is 1.48. The van der Waals surface area contributed by atoms with Gasteiger partial charge >= 0.3 is 0 Å². The number of furan rings is 1. The van der Waals surface area contributed by atoms with Crippen molar-refractivity contribution in [2.45, 2.75) is 13.8 Å². The summed E-state index contributed by atoms with van der Waals surface area (Å²) in [5.74, 6) is 0.180. The molecule has 128 valence electrons. The number of carbonyl (C=O) groups is 2. The molecule has 1 aliphatic rings. The molecule has 1 saturated heterocycles. The Hall–Kier alpha value is -2.15. The number of halogens is 2. The largest absolute Gasteiger partial charge is 0.466 e. The van der Waals surface area contributed by atoms with Crippen LogP contribution < -0.4 is 10.2 Å². The molecule has 1 fully saturated rings. The number of aryl methyl sites for hydroxylation is 2. The van der Waals surface area contributed by atoms with Crippen molar-refractivity contribution in [3.63, 3.8) is 0 Å². The van der Waals surface area contributed by atoms with Crippen molar-refractivity contribution in [3.8, 4) is 0 Å². The van der Waals surface area contributed by atoms with Crippen molar-refractivity contribution in [1.29, 1.82) is 0 Å². The molecular weight excluding hydrogens is 383 g/mol. The maximum atomic E-state index is 12.9. The monoisotopic (exact) mass is 394 g/mol. The van der Waals surface area contributed by atoms with E-state index in [9.17, 15) is 9.59 Å². The first kappa shape index (κ1) is 17.7. The van der Waals surface area contributed by atoms with Gasteiger partial charge in [0.05, 0.1) is 15.7 Å². The van der Waals surface area contributed by atoms with Gasteiger partial charge in [-0.15, -0.1) is 0 Å². The molecule has 1 aromatic carbocycles. The Kier molecular flexibility index (Phi) is 4.69. The number of hydrogen-bond acceptors (Lipinski definition) is 4. The van der Waals surface area contributed by atoms with Gasteiger partial charge in [-0.05, 0) is 56.4 Å². The SMILES string of the molecule is Cc1cc(/C=C2\C(=O)NC(=S)N(c3ccc(Cl)c(Cl)c3)C2=O)c(C)o1. The lowest BCUT2D eigenvalue weighted by Crippen LogP contribution is -2.54. The van der Waals surface area contributed by atoms with Crippen LogP contribution >= 0.6 is 35.4 Å². The van der Waals surface area contributed by atoms with Crippen molar-refractivity contribution in [2.75, 3.05) is 4.90 Å². The Morgan fingerprint density at radius 1 is 1.16 bits per heavy atom. The fourth-order valence-corrected chi connectivity index (χ4v) is 3.04. The third-order valence-corrected chi connectivity index (χ3v) is 4.67. The highest BCUT2D eigenvalue weighted by molar-refractivity contribution is 7.80. The van der Waals surface area contributed by atoms with Crippen LogP contribution in [-0.4, -0.2) is 16.9 Å². The molecule has 0 saturated carbocycles. The highest BCUT2D eigenvalue weighted by atomic mass is 35.5. The predicted octanol–water partition coefficient (Wildman–Crippen LogP) is 4.03. The van der Waals surface area contributed by atoms with Gasteiger partial charge in [0, 0.05) is 5.56 Å². The molecular formula is C17H12Cl2N2O3S. The first-order valence-electron chi connectivity index (χ1n) is 7.21. The maximum absolute atomic E-state index is 12.9. The Morgan fingerprint density at radius 2 is 1.88 bits per heavy atom. The number of rotatable bonds is 2. The number of benzene rings is 1. The second-order valence-corrected chi connectivity index (χ2v) is 6.63. The van der Waals surface area contributed by atoms with Crippen LogP contribution in [0.15, 0.2) is 34.3 Å². The van der Waals surface area contributed by atoms with Gasteiger partial charge < -0.3 is 4.42 Å². The van der Waals surface area contributed by atoms with E-state index in [1.165, 1.54) is 17.0 Å². The van der Waals surface area contributed by atoms with Crippen LogP contribution in [0.3, 0.4) is 0 Å². The molecule has 1 aliphatic heterocycles. The summed E-state index contributed by atoms with van der Waals surface area (Å²) in [5, 5.41) is 3.12. The van der Waals surface area contributed by atoms with Gasteiger partial charge in [0.15, 0.2) is 5.11 Å². The lowest BCUT2D eigenvalue weighted by molar-refractivity contribution is -0.122. The third kappa shape index (κ3) is 3.33. The van der Waals surface area contributed by atoms with Gasteiger partial charge in [0.25, 0.3) is 11.8 Å². The molecule has 1 N–H and O–H groups in total. The van der Waals surface area contributed by atoms with Crippen molar-refractivity contribution >= 4 is 64.1 Å². The average Bonchev–Trinajstić information content (AvgIpc) is 2.84. The van der Waals surface area contributed by atoms with Gasteiger partial charge in [-0.25, -0.2) is 0 Å². The van der Waals surface area contributed by atoms with E-state index in [0.717, 1.165) is 0 Å². The van der Waals surface area contributed by atoms with Crippen LogP contribution in [-0.2, 0) is 9.59 Å². The van der Waals surface area contributed by atoms with Gasteiger partial charge in [0.1, 0.15) is 17.1 Å². The fraction of sp³-hybridized carbons (Fsp3) is 0.118. The standard InChI is InChI=1S/C17H12Cl2N2O3S/c1-8-5-10(9(2)24-8)6-12-15(22)20-17(25)21(16(12)23)11-3-4-13(18)14(19)7-11/h3-7H,1-2H3,(H,20,22,25)/b12-6+. The van der Waals surface area contributed by atoms with Crippen LogP contribution in [0.25, 0.3) is 6.08 Å². The van der Waals surface area contributed by atoms with E-state index in [-0.39, 0.29) is 15.7 Å². The summed E-state index contributed by atoms with van der Waals surface area (Å²) in [4.78, 5) is 26.3. The van der Waals surface area contributed by atoms with Crippen LogP contribution in [0.2, 0.25) is 10.0 Å². The van der Waals surface area contributed by atoms with E-state index in [4.69, 9.17) is 39.8 Å². The van der Waals surface area contributed by atoms with Crippen LogP contribution in [0.5, 0.6) is 0 Å². The van der Waals surface area contributed by atoms with E-state index in [2.05, 4.69) is 5.32 Å². The molecule has 0 bridgehead atoms. The van der Waals surface area contributed by atoms with Crippen LogP contribution in [0.1, 0.15) is 17.1 Å². The van der Waals surface area contributed by atoms with Gasteiger partial charge in [0.2, 0.25) is 0 Å². The highest BCUT2D eigenvalue weighted by Crippen LogP contribution is 2.29. The van der Waals surface area contributed by atoms with E-state index in [1.807, 2.05) is 0 Å². The molecule has 0 spiro atoms. The van der Waals surface area contributed by atoms with Crippen molar-refractivity contribution < 1.29 is 14.0 Å². The highest BCUT2D eigenvalue weighted by Gasteiger charge is 2.34. The molecule has 8 heteroatoms. The number of hydrogen-bond donors (Lipinski definition) is 1. The topological polar surface area (TPSA) is 62.6 Å². The Morgan fingerprint density at radius 3 is 2.48 bits per heavy atom. The summed E-state index contributed by atoms with van der Waals surface area (Å²) in [5.41, 5.74) is 1.01. The quantitative estimate of drug-likeness (QED) is 0.474. The van der Waals surface area contributed by atoms with E-state index in [0.29, 0.717) is 27.8 Å². The first-order valence-corrected chi connectivity index (χ1v) is 8.38. The summed E-state index contributed by atoms with van der Waals surface area (Å²) in [6.45, 7) is 3.54. The molecule has 5 nitrogen and oxygen atoms in total. The maximum Gasteiger partial charge on any atom is 0.270 e. The van der Waals surface area contributed by atoms with Gasteiger partial charge in [-0.3, -0.25) is 19.8 Å². The average molecular weight is 395 g/mol. The lowest BCUT2D eigenvalue weighted by atomic mass is 10.1. The predicted molar refractivity (Wildman–Crippen MR) is 101 cm³/mol. The van der Waals surface area contributed by atoms with Crippen molar-refractivity contribution in [2.24, 2.45) is 0 Å². The molecule has 25 heavy (non-hydrogen) atoms. The smallest absolute Gasteiger partial charge is 0.270 e. The summed E-state index contributed by atoms with van der Waals surface area (Å²) in [7, 11) is 0. The van der Waals surface area contributed by atoms with E-state index in [1.54, 1.807) is 32.0 Å². The normalized spacial score (nSPS) is 16.6. The number of nitrogens with zero attached hydrogens (tertiary/aromatic N) is 1. The Balaban J connectivity index is 2.05. The van der Waals surface area contributed by atoms with Crippen LogP contribution in [0.4, 0.5) is 5.69 Å². The third-order valence-electron chi connectivity index (χ3n) is 3.64. The minimum atomic E-state index is -0.565. The molecule has 2 amide bonds. The second kappa shape index (κ2) is 6.63.